The molecule has 1 aromatic carbocycles. The molecule has 0 atom stereocenters. The van der Waals surface area contributed by atoms with E-state index in [2.05, 4.69) is 10.1 Å². The highest BCUT2D eigenvalue weighted by atomic mass is 16.5. The van der Waals surface area contributed by atoms with Crippen LogP contribution in [0.15, 0.2) is 47.4 Å². The third-order valence-corrected chi connectivity index (χ3v) is 2.88. The summed E-state index contributed by atoms with van der Waals surface area (Å²) >= 11 is 0. The Hall–Kier alpha value is -2.56. The van der Waals surface area contributed by atoms with Crippen LogP contribution in [0.3, 0.4) is 0 Å². The maximum Gasteiger partial charge on any atom is 0.229 e. The molecule has 0 bridgehead atoms. The Balaban J connectivity index is 2.24. The summed E-state index contributed by atoms with van der Waals surface area (Å²) in [5.74, 6) is 1.20. The smallest absolute Gasteiger partial charge is 0.229 e. The normalized spacial score (nSPS) is 10.7. The molecule has 2 N–H and O–H groups in total. The summed E-state index contributed by atoms with van der Waals surface area (Å²) in [6.45, 7) is 0. The molecule has 5 heteroatoms. The van der Waals surface area contributed by atoms with Gasteiger partial charge in [0.1, 0.15) is 5.82 Å². The van der Waals surface area contributed by atoms with E-state index in [1.165, 1.54) is 0 Å². The molecule has 2 heterocycles. The van der Waals surface area contributed by atoms with Crippen molar-refractivity contribution in [1.29, 1.82) is 0 Å². The van der Waals surface area contributed by atoms with Gasteiger partial charge in [-0.2, -0.15) is 0 Å². The molecule has 2 aromatic heterocycles. The molecule has 90 valence electrons. The number of nitrogen functional groups attached to an aromatic ring is 1. The van der Waals surface area contributed by atoms with Crippen molar-refractivity contribution in [3.63, 3.8) is 0 Å². The Bertz CT molecular complexity index is 624. The van der Waals surface area contributed by atoms with Crippen LogP contribution in [0, 0.1) is 0 Å². The second kappa shape index (κ2) is 4.03. The first-order chi connectivity index (χ1) is 8.77. The molecule has 0 aliphatic carbocycles. The first-order valence-electron chi connectivity index (χ1n) is 5.54. The summed E-state index contributed by atoms with van der Waals surface area (Å²) < 4.78 is 6.88. The highest BCUT2D eigenvalue weighted by molar-refractivity contribution is 5.84. The summed E-state index contributed by atoms with van der Waals surface area (Å²) in [5, 5.41) is 3.72. The summed E-state index contributed by atoms with van der Waals surface area (Å²) in [6, 6.07) is 7.91. The third-order valence-electron chi connectivity index (χ3n) is 2.88. The monoisotopic (exact) mass is 240 g/mol. The van der Waals surface area contributed by atoms with E-state index in [0.717, 1.165) is 22.5 Å². The lowest BCUT2D eigenvalue weighted by Crippen LogP contribution is -1.94. The Kier molecular flexibility index (Phi) is 2.37. The average Bonchev–Trinajstić information content (AvgIpc) is 2.98. The molecule has 3 aromatic rings. The quantitative estimate of drug-likeness (QED) is 0.746. The van der Waals surface area contributed by atoms with Crippen LogP contribution in [-0.4, -0.2) is 14.7 Å². The molecule has 5 nitrogen and oxygen atoms in total. The van der Waals surface area contributed by atoms with Crippen molar-refractivity contribution in [2.24, 2.45) is 7.05 Å². The van der Waals surface area contributed by atoms with Crippen LogP contribution < -0.4 is 5.73 Å². The van der Waals surface area contributed by atoms with Crippen molar-refractivity contribution in [2.45, 2.75) is 0 Å². The second-order valence-electron chi connectivity index (χ2n) is 4.01. The van der Waals surface area contributed by atoms with E-state index in [-0.39, 0.29) is 0 Å². The molecule has 0 saturated heterocycles. The number of hydrogen-bond acceptors (Lipinski definition) is 4. The van der Waals surface area contributed by atoms with Gasteiger partial charge < -0.3 is 14.8 Å². The Morgan fingerprint density at radius 3 is 2.56 bits per heavy atom. The standard InChI is InChI=1S/C13H12N4O/c1-17-7-6-15-13(17)10-5-3-2-4-9(10)11-8-16-18-12(11)14/h2-8H,14H2,1H3. The fourth-order valence-corrected chi connectivity index (χ4v) is 1.99. The number of anilines is 1. The molecule has 0 saturated carbocycles. The van der Waals surface area contributed by atoms with E-state index < -0.39 is 0 Å². The van der Waals surface area contributed by atoms with Crippen LogP contribution in [0.25, 0.3) is 22.5 Å². The largest absolute Gasteiger partial charge is 0.367 e. The van der Waals surface area contributed by atoms with E-state index in [4.69, 9.17) is 10.3 Å². The van der Waals surface area contributed by atoms with Crippen molar-refractivity contribution >= 4 is 5.88 Å². The minimum Gasteiger partial charge on any atom is -0.367 e. The Morgan fingerprint density at radius 2 is 1.94 bits per heavy atom. The predicted molar refractivity (Wildman–Crippen MR) is 68.6 cm³/mol. The number of imidazole rings is 1. The van der Waals surface area contributed by atoms with Gasteiger partial charge in [0.25, 0.3) is 0 Å². The number of nitrogens with two attached hydrogens (primary N) is 1. The van der Waals surface area contributed by atoms with Gasteiger partial charge in [0.2, 0.25) is 5.88 Å². The number of aromatic nitrogens is 3. The Morgan fingerprint density at radius 1 is 1.17 bits per heavy atom. The van der Waals surface area contributed by atoms with Crippen LogP contribution >= 0.6 is 0 Å². The molecular weight excluding hydrogens is 228 g/mol. The lowest BCUT2D eigenvalue weighted by atomic mass is 10.0. The number of hydrogen-bond donors (Lipinski definition) is 1. The number of benzene rings is 1. The minimum atomic E-state index is 0.316. The van der Waals surface area contributed by atoms with E-state index in [1.54, 1.807) is 12.4 Å². The maximum atomic E-state index is 5.78. The van der Waals surface area contributed by atoms with Crippen molar-refractivity contribution in [2.75, 3.05) is 5.73 Å². The van der Waals surface area contributed by atoms with Crippen LogP contribution in [0.4, 0.5) is 5.88 Å². The molecule has 0 aliphatic heterocycles. The van der Waals surface area contributed by atoms with Gasteiger partial charge >= 0.3 is 0 Å². The van der Waals surface area contributed by atoms with Crippen LogP contribution in [0.5, 0.6) is 0 Å². The minimum absolute atomic E-state index is 0.316. The maximum absolute atomic E-state index is 5.78. The lowest BCUT2D eigenvalue weighted by molar-refractivity contribution is 0.436. The highest BCUT2D eigenvalue weighted by Crippen LogP contribution is 2.33. The molecule has 18 heavy (non-hydrogen) atoms. The molecule has 0 fully saturated rings. The van der Waals surface area contributed by atoms with Crippen molar-refractivity contribution in [3.05, 3.63) is 42.9 Å². The van der Waals surface area contributed by atoms with Gasteiger partial charge in [-0.05, 0) is 5.56 Å². The van der Waals surface area contributed by atoms with E-state index >= 15 is 0 Å². The van der Waals surface area contributed by atoms with E-state index in [0.29, 0.717) is 5.88 Å². The topological polar surface area (TPSA) is 69.9 Å². The SMILES string of the molecule is Cn1ccnc1-c1ccccc1-c1cnoc1N. The van der Waals surface area contributed by atoms with Gasteiger partial charge in [-0.25, -0.2) is 4.98 Å². The molecule has 0 radical (unpaired) electrons. The molecule has 0 unspecified atom stereocenters. The average molecular weight is 240 g/mol. The number of rotatable bonds is 2. The van der Waals surface area contributed by atoms with Gasteiger partial charge in [-0.1, -0.05) is 29.4 Å². The summed E-state index contributed by atoms with van der Waals surface area (Å²) in [4.78, 5) is 4.36. The summed E-state index contributed by atoms with van der Waals surface area (Å²) in [5.41, 5.74) is 8.53. The highest BCUT2D eigenvalue weighted by Gasteiger charge is 2.14. The zero-order valence-electron chi connectivity index (χ0n) is 9.87. The van der Waals surface area contributed by atoms with Crippen molar-refractivity contribution < 1.29 is 4.52 Å². The first kappa shape index (κ1) is 10.6. The molecule has 0 spiro atoms. The molecule has 0 aliphatic rings. The summed E-state index contributed by atoms with van der Waals surface area (Å²) in [6.07, 6.45) is 5.29. The van der Waals surface area contributed by atoms with E-state index in [9.17, 15) is 0 Å². The van der Waals surface area contributed by atoms with Crippen molar-refractivity contribution in [3.8, 4) is 22.5 Å². The molecular formula is C13H12N4O. The van der Waals surface area contributed by atoms with Gasteiger partial charge in [0, 0.05) is 25.0 Å². The summed E-state index contributed by atoms with van der Waals surface area (Å²) in [7, 11) is 1.95. The van der Waals surface area contributed by atoms with Gasteiger partial charge in [-0.3, -0.25) is 0 Å². The number of aryl methyl sites for hydroxylation is 1. The fourth-order valence-electron chi connectivity index (χ4n) is 1.99. The van der Waals surface area contributed by atoms with Crippen LogP contribution in [0.2, 0.25) is 0 Å². The van der Waals surface area contributed by atoms with Gasteiger partial charge in [-0.15, -0.1) is 0 Å². The lowest BCUT2D eigenvalue weighted by Gasteiger charge is -2.07. The first-order valence-corrected chi connectivity index (χ1v) is 5.54. The van der Waals surface area contributed by atoms with Gasteiger partial charge in [0.05, 0.1) is 11.8 Å². The van der Waals surface area contributed by atoms with E-state index in [1.807, 2.05) is 42.1 Å². The van der Waals surface area contributed by atoms with Crippen LogP contribution in [-0.2, 0) is 7.05 Å². The van der Waals surface area contributed by atoms with Gasteiger partial charge in [0.15, 0.2) is 0 Å². The molecule has 3 rings (SSSR count). The molecule has 0 amide bonds. The third kappa shape index (κ3) is 1.57. The Labute approximate surface area is 104 Å². The van der Waals surface area contributed by atoms with Crippen LogP contribution in [0.1, 0.15) is 0 Å². The fraction of sp³-hybridized carbons (Fsp3) is 0.0769. The zero-order valence-corrected chi connectivity index (χ0v) is 9.87. The van der Waals surface area contributed by atoms with Crippen molar-refractivity contribution in [1.82, 2.24) is 14.7 Å². The predicted octanol–water partition coefficient (Wildman–Crippen LogP) is 2.32. The zero-order chi connectivity index (χ0) is 12.5. The second-order valence-corrected chi connectivity index (χ2v) is 4.01. The number of nitrogens with zero attached hydrogens (tertiary/aromatic N) is 3.